The van der Waals surface area contributed by atoms with Gasteiger partial charge in [0.2, 0.25) is 11.9 Å². The predicted octanol–water partition coefficient (Wildman–Crippen LogP) is 0.793. The zero-order chi connectivity index (χ0) is 21.0. The number of carbonyl (C=O) groups is 1. The molecular formula is C23H30N6O2. The maximum absolute atomic E-state index is 13.3. The largest absolute Gasteiger partial charge is 0.379 e. The summed E-state index contributed by atoms with van der Waals surface area (Å²) in [5.41, 5.74) is 2.52. The second-order valence-electron chi connectivity index (χ2n) is 8.44. The van der Waals surface area contributed by atoms with Crippen LogP contribution in [0.4, 0.5) is 11.6 Å². The Hall–Kier alpha value is -2.71. The van der Waals surface area contributed by atoms with E-state index in [1.807, 2.05) is 6.07 Å². The molecule has 4 heterocycles. The molecule has 1 aromatic heterocycles. The molecule has 8 nitrogen and oxygen atoms in total. The van der Waals surface area contributed by atoms with Crippen molar-refractivity contribution in [3.05, 3.63) is 48.3 Å². The number of morpholine rings is 1. The van der Waals surface area contributed by atoms with Gasteiger partial charge in [0.05, 0.1) is 25.2 Å². The van der Waals surface area contributed by atoms with E-state index in [0.29, 0.717) is 6.54 Å². The molecule has 2 aromatic rings. The van der Waals surface area contributed by atoms with Crippen molar-refractivity contribution < 1.29 is 9.53 Å². The summed E-state index contributed by atoms with van der Waals surface area (Å²) in [6.07, 6.45) is 4.33. The van der Waals surface area contributed by atoms with E-state index < -0.39 is 0 Å². The number of para-hydroxylation sites is 1. The average Bonchev–Trinajstić information content (AvgIpc) is 2.84. The lowest BCUT2D eigenvalue weighted by Crippen LogP contribution is -2.61. The molecule has 0 saturated carbocycles. The molecule has 0 unspecified atom stereocenters. The van der Waals surface area contributed by atoms with Gasteiger partial charge in [-0.1, -0.05) is 18.2 Å². The highest BCUT2D eigenvalue weighted by Crippen LogP contribution is 2.36. The number of nitrogens with one attached hydrogen (secondary N) is 1. The molecule has 8 heteroatoms. The van der Waals surface area contributed by atoms with Gasteiger partial charge in [-0.05, 0) is 24.1 Å². The highest BCUT2D eigenvalue weighted by molar-refractivity contribution is 5.82. The number of fused-ring (bicyclic) bond motifs is 3. The number of benzene rings is 1. The molecule has 3 aliphatic heterocycles. The standard InChI is InChI=1S/C23H30N6O2/c30-22(24-8-9-27-12-14-31-15-13-27)19-16-18-4-1-2-5-20(18)29-11-10-28(17-21(19)29)23-25-6-3-7-26-23/h1-7,19,21H,8-17H2,(H,24,30)/t19-,21+/m0/s1. The smallest absolute Gasteiger partial charge is 0.225 e. The summed E-state index contributed by atoms with van der Waals surface area (Å²) in [4.78, 5) is 29.2. The molecule has 164 valence electrons. The molecule has 0 aliphatic carbocycles. The molecule has 2 saturated heterocycles. The Kier molecular flexibility index (Phi) is 5.99. The van der Waals surface area contributed by atoms with Crippen LogP contribution in [0.1, 0.15) is 5.56 Å². The Morgan fingerprint density at radius 2 is 1.87 bits per heavy atom. The zero-order valence-corrected chi connectivity index (χ0v) is 17.8. The maximum atomic E-state index is 13.3. The molecule has 1 N–H and O–H groups in total. The lowest BCUT2D eigenvalue weighted by atomic mass is 9.83. The van der Waals surface area contributed by atoms with Gasteiger partial charge in [0.25, 0.3) is 0 Å². The minimum absolute atomic E-state index is 0.0916. The van der Waals surface area contributed by atoms with Crippen LogP contribution < -0.4 is 15.1 Å². The summed E-state index contributed by atoms with van der Waals surface area (Å²) in [6.45, 7) is 7.44. The molecule has 1 aromatic carbocycles. The van der Waals surface area contributed by atoms with Crippen LogP contribution in [0.25, 0.3) is 0 Å². The number of ether oxygens (including phenoxy) is 1. The molecule has 2 atom stereocenters. The minimum Gasteiger partial charge on any atom is -0.379 e. The van der Waals surface area contributed by atoms with Gasteiger partial charge < -0.3 is 19.9 Å². The first kappa shape index (κ1) is 20.2. The van der Waals surface area contributed by atoms with Crippen molar-refractivity contribution in [3.8, 4) is 0 Å². The van der Waals surface area contributed by atoms with E-state index in [4.69, 9.17) is 4.74 Å². The summed E-state index contributed by atoms with van der Waals surface area (Å²) >= 11 is 0. The second-order valence-corrected chi connectivity index (χ2v) is 8.44. The van der Waals surface area contributed by atoms with Crippen molar-refractivity contribution in [2.75, 3.05) is 68.8 Å². The van der Waals surface area contributed by atoms with Crippen LogP contribution in [0.5, 0.6) is 0 Å². The monoisotopic (exact) mass is 422 g/mol. The van der Waals surface area contributed by atoms with Gasteiger partial charge >= 0.3 is 0 Å². The average molecular weight is 423 g/mol. The topological polar surface area (TPSA) is 73.8 Å². The summed E-state index contributed by atoms with van der Waals surface area (Å²) < 4.78 is 5.41. The molecule has 5 rings (SSSR count). The van der Waals surface area contributed by atoms with Crippen LogP contribution in [0.2, 0.25) is 0 Å². The fourth-order valence-electron chi connectivity index (χ4n) is 4.99. The fourth-order valence-corrected chi connectivity index (χ4v) is 4.99. The van der Waals surface area contributed by atoms with E-state index in [1.165, 1.54) is 11.3 Å². The lowest BCUT2D eigenvalue weighted by molar-refractivity contribution is -0.125. The Morgan fingerprint density at radius 3 is 2.71 bits per heavy atom. The van der Waals surface area contributed by atoms with Crippen molar-refractivity contribution in [2.24, 2.45) is 5.92 Å². The number of hydrogen-bond donors (Lipinski definition) is 1. The Labute approximate surface area is 183 Å². The van der Waals surface area contributed by atoms with E-state index >= 15 is 0 Å². The van der Waals surface area contributed by atoms with E-state index in [2.05, 4.69) is 54.2 Å². The first-order chi connectivity index (χ1) is 15.3. The van der Waals surface area contributed by atoms with Crippen molar-refractivity contribution in [1.82, 2.24) is 20.2 Å². The van der Waals surface area contributed by atoms with Crippen LogP contribution in [-0.4, -0.2) is 85.8 Å². The third kappa shape index (κ3) is 4.36. The number of anilines is 2. The number of nitrogens with zero attached hydrogens (tertiary/aromatic N) is 5. The summed E-state index contributed by atoms with van der Waals surface area (Å²) in [5, 5.41) is 3.22. The number of amides is 1. The Bertz CT molecular complexity index is 889. The number of carbonyl (C=O) groups excluding carboxylic acids is 1. The molecule has 3 aliphatic rings. The van der Waals surface area contributed by atoms with Gasteiger partial charge in [0, 0.05) is 63.9 Å². The van der Waals surface area contributed by atoms with Crippen LogP contribution in [0.15, 0.2) is 42.7 Å². The Balaban J connectivity index is 1.30. The van der Waals surface area contributed by atoms with E-state index in [0.717, 1.165) is 64.9 Å². The van der Waals surface area contributed by atoms with Crippen LogP contribution in [-0.2, 0) is 16.0 Å². The van der Waals surface area contributed by atoms with Crippen molar-refractivity contribution in [3.63, 3.8) is 0 Å². The third-order valence-electron chi connectivity index (χ3n) is 6.63. The third-order valence-corrected chi connectivity index (χ3v) is 6.63. The van der Waals surface area contributed by atoms with Gasteiger partial charge in [0.15, 0.2) is 0 Å². The first-order valence-electron chi connectivity index (χ1n) is 11.2. The molecular weight excluding hydrogens is 392 g/mol. The van der Waals surface area contributed by atoms with Crippen molar-refractivity contribution in [1.29, 1.82) is 0 Å². The lowest BCUT2D eigenvalue weighted by Gasteiger charge is -2.49. The molecule has 0 radical (unpaired) electrons. The highest BCUT2D eigenvalue weighted by atomic mass is 16.5. The number of aromatic nitrogens is 2. The fraction of sp³-hybridized carbons (Fsp3) is 0.522. The second kappa shape index (κ2) is 9.20. The maximum Gasteiger partial charge on any atom is 0.225 e. The quantitative estimate of drug-likeness (QED) is 0.764. The molecule has 0 bridgehead atoms. The van der Waals surface area contributed by atoms with Crippen LogP contribution in [0, 0.1) is 5.92 Å². The SMILES string of the molecule is O=C(NCCN1CCOCC1)[C@H]1Cc2ccccc2N2CCN(c3ncccn3)C[C@H]12. The van der Waals surface area contributed by atoms with Gasteiger partial charge in [-0.25, -0.2) is 9.97 Å². The summed E-state index contributed by atoms with van der Waals surface area (Å²) in [6, 6.07) is 10.4. The van der Waals surface area contributed by atoms with Gasteiger partial charge in [0.1, 0.15) is 0 Å². The minimum atomic E-state index is -0.0916. The van der Waals surface area contributed by atoms with E-state index in [9.17, 15) is 4.79 Å². The predicted molar refractivity (Wildman–Crippen MR) is 119 cm³/mol. The van der Waals surface area contributed by atoms with Crippen LogP contribution in [0.3, 0.4) is 0 Å². The normalized spacial score (nSPS) is 23.7. The Morgan fingerprint density at radius 1 is 1.06 bits per heavy atom. The number of hydrogen-bond acceptors (Lipinski definition) is 7. The summed E-state index contributed by atoms with van der Waals surface area (Å²) in [7, 11) is 0. The van der Waals surface area contributed by atoms with Gasteiger partial charge in [-0.15, -0.1) is 0 Å². The number of piperazine rings is 1. The van der Waals surface area contributed by atoms with Gasteiger partial charge in [-0.2, -0.15) is 0 Å². The summed E-state index contributed by atoms with van der Waals surface area (Å²) in [5.74, 6) is 0.798. The molecule has 1 amide bonds. The molecule has 2 fully saturated rings. The molecule has 0 spiro atoms. The van der Waals surface area contributed by atoms with E-state index in [-0.39, 0.29) is 17.9 Å². The van der Waals surface area contributed by atoms with Crippen molar-refractivity contribution in [2.45, 2.75) is 12.5 Å². The number of rotatable bonds is 5. The van der Waals surface area contributed by atoms with Gasteiger partial charge in [-0.3, -0.25) is 9.69 Å². The highest BCUT2D eigenvalue weighted by Gasteiger charge is 2.41. The zero-order valence-electron chi connectivity index (χ0n) is 17.8. The van der Waals surface area contributed by atoms with E-state index in [1.54, 1.807) is 12.4 Å². The van der Waals surface area contributed by atoms with Crippen molar-refractivity contribution >= 4 is 17.5 Å². The molecule has 31 heavy (non-hydrogen) atoms. The van der Waals surface area contributed by atoms with Crippen LogP contribution >= 0.6 is 0 Å². The first-order valence-corrected chi connectivity index (χ1v) is 11.2.